The molecule has 0 amide bonds. The summed E-state index contributed by atoms with van der Waals surface area (Å²) in [7, 11) is 0. The molecule has 0 radical (unpaired) electrons. The Balaban J connectivity index is 3.64. The molecule has 48 valence electrons. The first-order chi connectivity index (χ1) is 3.55. The molecule has 0 fully saturated rings. The highest BCUT2D eigenvalue weighted by molar-refractivity contribution is 9.09. The minimum atomic E-state index is -1.04. The van der Waals surface area contributed by atoms with Gasteiger partial charge in [-0.3, -0.25) is 10.1 Å². The quantitative estimate of drug-likeness (QED) is 0.291. The lowest BCUT2D eigenvalue weighted by molar-refractivity contribution is -0.502. The monoisotopic (exact) mass is 183 g/mol. The fourth-order valence-corrected chi connectivity index (χ4v) is 0.176. The lowest BCUT2D eigenvalue weighted by Gasteiger charge is -2.01. The van der Waals surface area contributed by atoms with Crippen LogP contribution in [0, 0.1) is 10.1 Å². The molecular weight excluding hydrogens is 178 g/mol. The number of hydrogen-bond donors (Lipinski definition) is 1. The summed E-state index contributed by atoms with van der Waals surface area (Å²) in [6, 6.07) is 0. The van der Waals surface area contributed by atoms with Crippen molar-refractivity contribution in [2.24, 2.45) is 0 Å². The third-order valence-electron chi connectivity index (χ3n) is 0.599. The van der Waals surface area contributed by atoms with Gasteiger partial charge in [-0.15, -0.1) is 0 Å². The van der Waals surface area contributed by atoms with E-state index in [1.165, 1.54) is 6.92 Å². The topological polar surface area (TPSA) is 63.4 Å². The molecule has 0 rings (SSSR count). The third-order valence-corrected chi connectivity index (χ3v) is 1.70. The highest BCUT2D eigenvalue weighted by Crippen LogP contribution is 2.04. The van der Waals surface area contributed by atoms with E-state index in [1.54, 1.807) is 0 Å². The van der Waals surface area contributed by atoms with Crippen molar-refractivity contribution >= 4 is 15.9 Å². The molecule has 4 nitrogen and oxygen atoms in total. The standard InChI is InChI=1S/C3H6BrNO3/c1-2(6)3(4)5(7)8/h2-3,6H,1H3. The molecule has 0 aliphatic heterocycles. The molecule has 0 aromatic rings. The Morgan fingerprint density at radius 3 is 2.25 bits per heavy atom. The number of aliphatic hydroxyl groups excluding tert-OH is 1. The summed E-state index contributed by atoms with van der Waals surface area (Å²) in [6.45, 7) is 1.35. The zero-order chi connectivity index (χ0) is 6.73. The van der Waals surface area contributed by atoms with Crippen LogP contribution >= 0.6 is 15.9 Å². The summed E-state index contributed by atoms with van der Waals surface area (Å²) in [4.78, 5) is 8.11. The maximum atomic E-state index is 9.74. The van der Waals surface area contributed by atoms with Crippen molar-refractivity contribution in [3.8, 4) is 0 Å². The van der Waals surface area contributed by atoms with Crippen molar-refractivity contribution in [1.82, 2.24) is 0 Å². The van der Waals surface area contributed by atoms with E-state index in [1.807, 2.05) is 0 Å². The zero-order valence-electron chi connectivity index (χ0n) is 4.24. The molecule has 0 aromatic carbocycles. The Hall–Kier alpha value is -0.160. The molecule has 0 heterocycles. The van der Waals surface area contributed by atoms with Crippen molar-refractivity contribution in [2.45, 2.75) is 18.0 Å². The van der Waals surface area contributed by atoms with Crippen LogP contribution in [0.25, 0.3) is 0 Å². The van der Waals surface area contributed by atoms with E-state index >= 15 is 0 Å². The second-order valence-corrected chi connectivity index (χ2v) is 2.34. The van der Waals surface area contributed by atoms with E-state index in [2.05, 4.69) is 15.9 Å². The van der Waals surface area contributed by atoms with E-state index in [0.717, 1.165) is 0 Å². The molecule has 1 N–H and O–H groups in total. The highest BCUT2D eigenvalue weighted by atomic mass is 79.9. The fraction of sp³-hybridized carbons (Fsp3) is 1.00. The van der Waals surface area contributed by atoms with Crippen LogP contribution in [-0.2, 0) is 0 Å². The summed E-state index contributed by atoms with van der Waals surface area (Å²) in [5.74, 6) is 0. The average Bonchev–Trinajstić information content (AvgIpc) is 1.64. The SMILES string of the molecule is CC(O)C(Br)[N+](=O)[O-]. The van der Waals surface area contributed by atoms with Gasteiger partial charge < -0.3 is 5.11 Å². The Morgan fingerprint density at radius 1 is 1.88 bits per heavy atom. The molecule has 2 unspecified atom stereocenters. The average molecular weight is 184 g/mol. The summed E-state index contributed by atoms with van der Waals surface area (Å²) >= 11 is 2.66. The van der Waals surface area contributed by atoms with Crippen LogP contribution in [0.4, 0.5) is 0 Å². The van der Waals surface area contributed by atoms with Crippen molar-refractivity contribution in [3.05, 3.63) is 10.1 Å². The van der Waals surface area contributed by atoms with E-state index in [9.17, 15) is 10.1 Å². The van der Waals surface area contributed by atoms with Gasteiger partial charge in [-0.05, 0) is 22.9 Å². The van der Waals surface area contributed by atoms with Crippen molar-refractivity contribution in [3.63, 3.8) is 0 Å². The molecule has 0 aliphatic rings. The second-order valence-electron chi connectivity index (χ2n) is 1.40. The van der Waals surface area contributed by atoms with Crippen LogP contribution in [0.5, 0.6) is 0 Å². The Kier molecular flexibility index (Phi) is 2.93. The van der Waals surface area contributed by atoms with E-state index < -0.39 is 16.0 Å². The first-order valence-electron chi connectivity index (χ1n) is 2.01. The van der Waals surface area contributed by atoms with Gasteiger partial charge in [0.2, 0.25) is 0 Å². The van der Waals surface area contributed by atoms with Crippen LogP contribution in [0.2, 0.25) is 0 Å². The molecule has 0 saturated heterocycles. The van der Waals surface area contributed by atoms with Gasteiger partial charge in [0.1, 0.15) is 6.10 Å². The molecule has 0 saturated carbocycles. The number of alkyl halides is 1. The summed E-state index contributed by atoms with van der Waals surface area (Å²) in [5, 5.41) is 18.2. The molecular formula is C3H6BrNO3. The van der Waals surface area contributed by atoms with Crippen LogP contribution in [-0.4, -0.2) is 21.1 Å². The van der Waals surface area contributed by atoms with Crippen molar-refractivity contribution < 1.29 is 10.0 Å². The van der Waals surface area contributed by atoms with E-state index in [-0.39, 0.29) is 0 Å². The van der Waals surface area contributed by atoms with Crippen molar-refractivity contribution in [2.75, 3.05) is 0 Å². The molecule has 0 aromatic heterocycles. The number of halogens is 1. The van der Waals surface area contributed by atoms with Crippen LogP contribution < -0.4 is 0 Å². The van der Waals surface area contributed by atoms with Gasteiger partial charge >= 0.3 is 0 Å². The van der Waals surface area contributed by atoms with Gasteiger partial charge in [-0.1, -0.05) is 0 Å². The zero-order valence-corrected chi connectivity index (χ0v) is 5.83. The fourth-order valence-electron chi connectivity index (χ4n) is 0.176. The predicted molar refractivity (Wildman–Crippen MR) is 31.4 cm³/mol. The maximum Gasteiger partial charge on any atom is 0.290 e. The maximum absolute atomic E-state index is 9.74. The normalized spacial score (nSPS) is 17.4. The van der Waals surface area contributed by atoms with Gasteiger partial charge in [-0.25, -0.2) is 0 Å². The Labute approximate surface area is 54.8 Å². The molecule has 0 aliphatic carbocycles. The Bertz CT molecular complexity index is 94.5. The smallest absolute Gasteiger partial charge is 0.290 e. The molecule has 8 heavy (non-hydrogen) atoms. The summed E-state index contributed by atoms with van der Waals surface area (Å²) in [6.07, 6.45) is -0.940. The van der Waals surface area contributed by atoms with E-state index in [4.69, 9.17) is 5.11 Å². The lowest BCUT2D eigenvalue weighted by Crippen LogP contribution is -2.24. The summed E-state index contributed by atoms with van der Waals surface area (Å²) in [5.41, 5.74) is 0. The van der Waals surface area contributed by atoms with Gasteiger partial charge in [0.05, 0.1) is 0 Å². The highest BCUT2D eigenvalue weighted by Gasteiger charge is 2.20. The van der Waals surface area contributed by atoms with Crippen LogP contribution in [0.3, 0.4) is 0 Å². The number of hydrogen-bond acceptors (Lipinski definition) is 3. The first-order valence-corrected chi connectivity index (χ1v) is 2.93. The Morgan fingerprint density at radius 2 is 2.25 bits per heavy atom. The van der Waals surface area contributed by atoms with Crippen LogP contribution in [0.15, 0.2) is 0 Å². The number of nitrogens with zero attached hydrogens (tertiary/aromatic N) is 1. The lowest BCUT2D eigenvalue weighted by atomic mass is 10.4. The third kappa shape index (κ3) is 2.23. The number of rotatable bonds is 2. The molecule has 2 atom stereocenters. The minimum Gasteiger partial charge on any atom is -0.385 e. The predicted octanol–water partition coefficient (Wildman–Crippen LogP) is 0.365. The van der Waals surface area contributed by atoms with Crippen LogP contribution in [0.1, 0.15) is 6.92 Å². The minimum absolute atomic E-state index is 0.593. The van der Waals surface area contributed by atoms with Gasteiger partial charge in [-0.2, -0.15) is 0 Å². The van der Waals surface area contributed by atoms with Gasteiger partial charge in [0, 0.05) is 4.92 Å². The molecule has 0 bridgehead atoms. The van der Waals surface area contributed by atoms with Crippen molar-refractivity contribution in [1.29, 1.82) is 0 Å². The van der Waals surface area contributed by atoms with E-state index in [0.29, 0.717) is 0 Å². The second kappa shape index (κ2) is 2.99. The number of aliphatic hydroxyl groups is 1. The van der Waals surface area contributed by atoms with Gasteiger partial charge in [0.25, 0.3) is 4.95 Å². The largest absolute Gasteiger partial charge is 0.385 e. The first kappa shape index (κ1) is 7.84. The molecule has 5 heteroatoms. The summed E-state index contributed by atoms with van der Waals surface area (Å²) < 4.78 is 0. The molecule has 0 spiro atoms. The van der Waals surface area contributed by atoms with Gasteiger partial charge in [0.15, 0.2) is 0 Å². The number of nitro groups is 1.